The van der Waals surface area contributed by atoms with Crippen LogP contribution in [0.2, 0.25) is 0 Å². The zero-order valence-corrected chi connectivity index (χ0v) is 8.88. The molecule has 0 saturated carbocycles. The summed E-state index contributed by atoms with van der Waals surface area (Å²) in [7, 11) is 5.61. The van der Waals surface area contributed by atoms with Crippen molar-refractivity contribution in [2.75, 3.05) is 0 Å². The van der Waals surface area contributed by atoms with E-state index in [4.69, 9.17) is 7.85 Å². The number of halogens is 2. The summed E-state index contributed by atoms with van der Waals surface area (Å²) in [5.74, 6) is 0. The molecule has 9 heavy (non-hydrogen) atoms. The zero-order chi connectivity index (χ0) is 6.85. The molecule has 0 spiro atoms. The van der Waals surface area contributed by atoms with Crippen molar-refractivity contribution in [2.45, 2.75) is 0 Å². The van der Waals surface area contributed by atoms with Crippen molar-refractivity contribution in [3.8, 4) is 0 Å². The van der Waals surface area contributed by atoms with E-state index in [1.807, 2.05) is 18.2 Å². The predicted molar refractivity (Wildman–Crippen MR) is 57.3 cm³/mol. The fourth-order valence-corrected chi connectivity index (χ4v) is 1.40. The average Bonchev–Trinajstić information content (AvgIpc) is 1.83. The molecule has 1 rings (SSSR count). The van der Waals surface area contributed by atoms with Crippen molar-refractivity contribution in [1.82, 2.24) is 0 Å². The molecular formula is C6H3BI2. The molecule has 0 aromatic heterocycles. The lowest BCUT2D eigenvalue weighted by Gasteiger charge is -1.97. The molecule has 0 aliphatic heterocycles. The van der Waals surface area contributed by atoms with E-state index in [0.29, 0.717) is 0 Å². The second kappa shape index (κ2) is 3.23. The number of hydrogen-bond acceptors (Lipinski definition) is 0. The van der Waals surface area contributed by atoms with Gasteiger partial charge in [-0.25, -0.2) is 0 Å². The molecule has 0 aliphatic rings. The van der Waals surface area contributed by atoms with Gasteiger partial charge in [-0.1, -0.05) is 17.6 Å². The summed E-state index contributed by atoms with van der Waals surface area (Å²) < 4.78 is 2.36. The molecule has 0 saturated heterocycles. The first-order chi connectivity index (χ1) is 4.22. The van der Waals surface area contributed by atoms with Crippen LogP contribution < -0.4 is 5.46 Å². The van der Waals surface area contributed by atoms with Gasteiger partial charge < -0.3 is 0 Å². The van der Waals surface area contributed by atoms with Crippen molar-refractivity contribution < 1.29 is 0 Å². The minimum atomic E-state index is 0.863. The summed E-state index contributed by atoms with van der Waals surface area (Å²) >= 11 is 4.50. The van der Waals surface area contributed by atoms with Gasteiger partial charge >= 0.3 is 0 Å². The third kappa shape index (κ3) is 1.83. The first kappa shape index (κ1) is 7.85. The highest BCUT2D eigenvalue weighted by Crippen LogP contribution is 2.10. The molecule has 0 fully saturated rings. The van der Waals surface area contributed by atoms with E-state index < -0.39 is 0 Å². The van der Waals surface area contributed by atoms with Crippen molar-refractivity contribution in [1.29, 1.82) is 0 Å². The maximum absolute atomic E-state index is 5.61. The molecule has 44 valence electrons. The number of rotatable bonds is 0. The smallest absolute Gasteiger partial charge is 0.0825 e. The molecular weight excluding hydrogens is 337 g/mol. The minimum Gasteiger partial charge on any atom is -0.0825 e. The van der Waals surface area contributed by atoms with Gasteiger partial charge in [0.1, 0.15) is 7.85 Å². The average molecular weight is 340 g/mol. The molecule has 1 aromatic rings. The highest BCUT2D eigenvalue weighted by Gasteiger charge is 1.95. The van der Waals surface area contributed by atoms with Crippen LogP contribution in [0.5, 0.6) is 0 Å². The maximum Gasteiger partial charge on any atom is 0.115 e. The van der Waals surface area contributed by atoms with Crippen molar-refractivity contribution >= 4 is 58.5 Å². The molecule has 0 nitrogen and oxygen atoms in total. The Morgan fingerprint density at radius 3 is 2.33 bits per heavy atom. The van der Waals surface area contributed by atoms with Crippen LogP contribution in [0.4, 0.5) is 0 Å². The van der Waals surface area contributed by atoms with Gasteiger partial charge in [-0.15, -0.1) is 0 Å². The zero-order valence-electron chi connectivity index (χ0n) is 4.57. The molecule has 1 aromatic carbocycles. The fraction of sp³-hybridized carbons (Fsp3) is 0. The Morgan fingerprint density at radius 2 is 1.89 bits per heavy atom. The fourth-order valence-electron chi connectivity index (χ4n) is 0.520. The molecule has 0 atom stereocenters. The summed E-state index contributed by atoms with van der Waals surface area (Å²) in [6.07, 6.45) is 0. The van der Waals surface area contributed by atoms with Crippen LogP contribution >= 0.6 is 45.2 Å². The quantitative estimate of drug-likeness (QED) is 0.498. The monoisotopic (exact) mass is 340 g/mol. The standard InChI is InChI=1S/C6H3BI2/c7-4-2-1-3-5(8)6(4)9/h1-3H. The Balaban J connectivity index is 3.25. The molecule has 0 aliphatic carbocycles. The Labute approximate surface area is 83.1 Å². The van der Waals surface area contributed by atoms with Crippen molar-refractivity contribution in [3.05, 3.63) is 25.3 Å². The second-order valence-corrected chi connectivity index (χ2v) is 3.88. The highest BCUT2D eigenvalue weighted by molar-refractivity contribution is 14.1. The number of benzene rings is 1. The molecule has 0 amide bonds. The normalized spacial score (nSPS) is 9.56. The van der Waals surface area contributed by atoms with E-state index in [0.717, 1.165) is 9.03 Å². The highest BCUT2D eigenvalue weighted by atomic mass is 127. The van der Waals surface area contributed by atoms with Gasteiger partial charge in [-0.2, -0.15) is 0 Å². The van der Waals surface area contributed by atoms with Crippen LogP contribution in [0.25, 0.3) is 0 Å². The largest absolute Gasteiger partial charge is 0.115 e. The van der Waals surface area contributed by atoms with Gasteiger partial charge in [0, 0.05) is 7.14 Å². The first-order valence-electron chi connectivity index (χ1n) is 2.41. The summed E-state index contributed by atoms with van der Waals surface area (Å²) in [5.41, 5.74) is 0.863. The molecule has 3 heteroatoms. The van der Waals surface area contributed by atoms with Gasteiger partial charge in [-0.3, -0.25) is 0 Å². The molecule has 0 heterocycles. The molecule has 2 radical (unpaired) electrons. The van der Waals surface area contributed by atoms with Crippen molar-refractivity contribution in [2.24, 2.45) is 0 Å². The van der Waals surface area contributed by atoms with E-state index in [2.05, 4.69) is 45.2 Å². The Bertz CT molecular complexity index is 202. The van der Waals surface area contributed by atoms with Crippen LogP contribution in [0.3, 0.4) is 0 Å². The van der Waals surface area contributed by atoms with E-state index in [1.54, 1.807) is 0 Å². The Morgan fingerprint density at radius 1 is 1.22 bits per heavy atom. The summed E-state index contributed by atoms with van der Waals surface area (Å²) in [4.78, 5) is 0. The maximum atomic E-state index is 5.61. The predicted octanol–water partition coefficient (Wildman–Crippen LogP) is 1.69. The van der Waals surface area contributed by atoms with Crippen LogP contribution in [-0.4, -0.2) is 7.85 Å². The lowest BCUT2D eigenvalue weighted by Crippen LogP contribution is -2.07. The van der Waals surface area contributed by atoms with Crippen molar-refractivity contribution in [3.63, 3.8) is 0 Å². The Kier molecular flexibility index (Phi) is 2.82. The van der Waals surface area contributed by atoms with Crippen LogP contribution in [0.15, 0.2) is 18.2 Å². The molecule has 0 unspecified atom stereocenters. The van der Waals surface area contributed by atoms with Crippen LogP contribution in [0.1, 0.15) is 0 Å². The lowest BCUT2D eigenvalue weighted by molar-refractivity contribution is 1.63. The van der Waals surface area contributed by atoms with Gasteiger partial charge in [0.25, 0.3) is 0 Å². The topological polar surface area (TPSA) is 0 Å². The lowest BCUT2D eigenvalue weighted by atomic mass is 9.97. The van der Waals surface area contributed by atoms with Gasteiger partial charge in [0.15, 0.2) is 0 Å². The van der Waals surface area contributed by atoms with Gasteiger partial charge in [-0.05, 0) is 51.2 Å². The SMILES string of the molecule is [B]c1cccc(I)c1I. The molecule has 0 bridgehead atoms. The van der Waals surface area contributed by atoms with E-state index >= 15 is 0 Å². The third-order valence-corrected chi connectivity index (χ3v) is 4.12. The first-order valence-corrected chi connectivity index (χ1v) is 4.57. The third-order valence-electron chi connectivity index (χ3n) is 0.981. The Hall–Kier alpha value is 0.745. The molecule has 0 N–H and O–H groups in total. The van der Waals surface area contributed by atoms with Crippen LogP contribution in [-0.2, 0) is 0 Å². The summed E-state index contributed by atoms with van der Waals surface area (Å²) in [6.45, 7) is 0. The number of hydrogen-bond donors (Lipinski definition) is 0. The summed E-state index contributed by atoms with van der Waals surface area (Å²) in [5, 5.41) is 0. The summed E-state index contributed by atoms with van der Waals surface area (Å²) in [6, 6.07) is 5.90. The van der Waals surface area contributed by atoms with E-state index in [9.17, 15) is 0 Å². The minimum absolute atomic E-state index is 0.863. The van der Waals surface area contributed by atoms with E-state index in [-0.39, 0.29) is 0 Å². The van der Waals surface area contributed by atoms with Gasteiger partial charge in [0.2, 0.25) is 0 Å². The van der Waals surface area contributed by atoms with Gasteiger partial charge in [0.05, 0.1) is 0 Å². The van der Waals surface area contributed by atoms with Crippen LogP contribution in [0, 0.1) is 7.14 Å². The van der Waals surface area contributed by atoms with E-state index in [1.165, 1.54) is 3.57 Å². The second-order valence-electron chi connectivity index (χ2n) is 1.64.